The lowest BCUT2D eigenvalue weighted by atomic mass is 10.1. The molecule has 0 atom stereocenters. The molecule has 17 heavy (non-hydrogen) atoms. The molecule has 0 aliphatic rings. The number of benzene rings is 1. The van der Waals surface area contributed by atoms with Crippen molar-refractivity contribution in [2.75, 3.05) is 0 Å². The zero-order valence-electron chi connectivity index (χ0n) is 10.8. The summed E-state index contributed by atoms with van der Waals surface area (Å²) in [5.41, 5.74) is 2.24. The summed E-state index contributed by atoms with van der Waals surface area (Å²) in [5.74, 6) is 0. The van der Waals surface area contributed by atoms with Crippen LogP contribution in [0.5, 0.6) is 0 Å². The highest BCUT2D eigenvalue weighted by atomic mass is 16.5. The molecule has 3 heteroatoms. The smallest absolute Gasteiger partial charge is 0.293 e. The van der Waals surface area contributed by atoms with Crippen LogP contribution in [0.25, 0.3) is 10.9 Å². The zero-order valence-corrected chi connectivity index (χ0v) is 10.8. The Balaban J connectivity index is 0.000000185. The molecule has 0 aliphatic heterocycles. The molecule has 0 unspecified atom stereocenters. The summed E-state index contributed by atoms with van der Waals surface area (Å²) in [5, 5.41) is 1.32. The Kier molecular flexibility index (Phi) is 4.32. The molecule has 1 heterocycles. The number of fused-ring (bicyclic) bond motifs is 1. The fraction of sp³-hybridized carbons (Fsp3) is 0.357. The molecule has 0 aliphatic carbocycles. The van der Waals surface area contributed by atoms with Crippen molar-refractivity contribution in [3.8, 4) is 0 Å². The second kappa shape index (κ2) is 5.53. The topological polar surface area (TPSA) is 42.1 Å². The highest BCUT2D eigenvalue weighted by Crippen LogP contribution is 2.15. The van der Waals surface area contributed by atoms with Crippen LogP contribution < -0.4 is 0 Å². The molecule has 1 N–H and O–H groups in total. The van der Waals surface area contributed by atoms with Crippen LogP contribution >= 0.6 is 0 Å². The number of ether oxygens (including phenoxy) is 1. The molecule has 2 rings (SSSR count). The summed E-state index contributed by atoms with van der Waals surface area (Å²) in [6.45, 7) is 8.04. The minimum absolute atomic E-state index is 0.318. The molecular formula is C14H19NO2. The van der Waals surface area contributed by atoms with Crippen molar-refractivity contribution in [2.45, 2.75) is 33.3 Å². The largest absolute Gasteiger partial charge is 0.462 e. The molecule has 92 valence electrons. The Labute approximate surface area is 102 Å². The normalized spacial score (nSPS) is 10.6. The van der Waals surface area contributed by atoms with Gasteiger partial charge in [0.25, 0.3) is 6.47 Å². The number of carbonyl (C=O) groups excluding carboxylic acids is 1. The predicted octanol–water partition coefficient (Wildman–Crippen LogP) is 3.43. The van der Waals surface area contributed by atoms with Gasteiger partial charge in [-0.1, -0.05) is 12.1 Å². The molecule has 0 bridgehead atoms. The van der Waals surface area contributed by atoms with E-state index >= 15 is 0 Å². The van der Waals surface area contributed by atoms with Crippen LogP contribution in [0.1, 0.15) is 26.3 Å². The molecule has 0 saturated carbocycles. The van der Waals surface area contributed by atoms with Crippen molar-refractivity contribution in [1.82, 2.24) is 4.98 Å². The highest BCUT2D eigenvalue weighted by molar-refractivity contribution is 5.82. The van der Waals surface area contributed by atoms with E-state index in [4.69, 9.17) is 0 Å². The Morgan fingerprint density at radius 3 is 2.41 bits per heavy atom. The Bertz CT molecular complexity index is 480. The first kappa shape index (κ1) is 13.3. The molecule has 2 aromatic rings. The molecule has 0 amide bonds. The maximum atomic E-state index is 9.60. The first-order valence-electron chi connectivity index (χ1n) is 5.58. The molecule has 0 fully saturated rings. The number of aromatic nitrogens is 1. The first-order valence-corrected chi connectivity index (χ1v) is 5.58. The van der Waals surface area contributed by atoms with Crippen molar-refractivity contribution < 1.29 is 9.53 Å². The number of hydrogen-bond acceptors (Lipinski definition) is 2. The lowest BCUT2D eigenvalue weighted by molar-refractivity contribution is -0.138. The van der Waals surface area contributed by atoms with Crippen molar-refractivity contribution in [3.63, 3.8) is 0 Å². The summed E-state index contributed by atoms with van der Waals surface area (Å²) < 4.78 is 4.55. The summed E-state index contributed by atoms with van der Waals surface area (Å²) in [7, 11) is 0. The van der Waals surface area contributed by atoms with Crippen LogP contribution in [-0.2, 0) is 9.53 Å². The number of nitrogens with one attached hydrogen (secondary N) is 1. The quantitative estimate of drug-likeness (QED) is 0.767. The second-order valence-electron chi connectivity index (χ2n) is 4.84. The molecule has 1 aromatic carbocycles. The van der Waals surface area contributed by atoms with Gasteiger partial charge < -0.3 is 9.72 Å². The third kappa shape index (κ3) is 4.31. The third-order valence-electron chi connectivity index (χ3n) is 2.21. The van der Waals surface area contributed by atoms with Gasteiger partial charge in [0.2, 0.25) is 0 Å². The van der Waals surface area contributed by atoms with Crippen molar-refractivity contribution in [1.29, 1.82) is 0 Å². The molecule has 0 saturated heterocycles. The van der Waals surface area contributed by atoms with E-state index in [2.05, 4.69) is 40.9 Å². The van der Waals surface area contributed by atoms with Gasteiger partial charge in [-0.05, 0) is 45.4 Å². The maximum Gasteiger partial charge on any atom is 0.293 e. The number of hydrogen-bond donors (Lipinski definition) is 1. The van der Waals surface area contributed by atoms with Crippen molar-refractivity contribution >= 4 is 17.4 Å². The van der Waals surface area contributed by atoms with E-state index in [9.17, 15) is 4.79 Å². The molecule has 3 nitrogen and oxygen atoms in total. The lowest BCUT2D eigenvalue weighted by Crippen LogP contribution is -2.17. The number of rotatable bonds is 1. The number of aromatic amines is 1. The van der Waals surface area contributed by atoms with E-state index in [0.29, 0.717) is 6.47 Å². The predicted molar refractivity (Wildman–Crippen MR) is 69.9 cm³/mol. The summed E-state index contributed by atoms with van der Waals surface area (Å²) >= 11 is 0. The van der Waals surface area contributed by atoms with Gasteiger partial charge in [0.05, 0.1) is 0 Å². The molecular weight excluding hydrogens is 214 g/mol. The lowest BCUT2D eigenvalue weighted by Gasteiger charge is -2.14. The van der Waals surface area contributed by atoms with Gasteiger partial charge in [0.1, 0.15) is 5.60 Å². The number of aryl methyl sites for hydroxylation is 1. The van der Waals surface area contributed by atoms with E-state index in [-0.39, 0.29) is 5.60 Å². The van der Waals surface area contributed by atoms with Gasteiger partial charge in [-0.15, -0.1) is 0 Å². The van der Waals surface area contributed by atoms with Gasteiger partial charge in [-0.3, -0.25) is 4.79 Å². The summed E-state index contributed by atoms with van der Waals surface area (Å²) in [6.07, 6.45) is 1.97. The van der Waals surface area contributed by atoms with Crippen LogP contribution in [0.4, 0.5) is 0 Å². The van der Waals surface area contributed by atoms with Gasteiger partial charge in [-0.25, -0.2) is 0 Å². The second-order valence-corrected chi connectivity index (χ2v) is 4.84. The van der Waals surface area contributed by atoms with Gasteiger partial charge >= 0.3 is 0 Å². The van der Waals surface area contributed by atoms with Gasteiger partial charge in [0, 0.05) is 17.1 Å². The Morgan fingerprint density at radius 1 is 1.24 bits per heavy atom. The van der Waals surface area contributed by atoms with E-state index in [0.717, 1.165) is 0 Å². The average molecular weight is 233 g/mol. The molecule has 0 spiro atoms. The number of carbonyl (C=O) groups is 1. The van der Waals surface area contributed by atoms with Crippen LogP contribution in [0.15, 0.2) is 30.5 Å². The Hall–Kier alpha value is -1.77. The number of H-pyrrole nitrogens is 1. The van der Waals surface area contributed by atoms with E-state index in [1.165, 1.54) is 16.5 Å². The summed E-state index contributed by atoms with van der Waals surface area (Å²) in [6, 6.07) is 8.37. The SMILES string of the molecule is CC(C)(C)OC=O.Cc1cccc2[nH]ccc12. The maximum absolute atomic E-state index is 9.60. The van der Waals surface area contributed by atoms with Gasteiger partial charge in [0.15, 0.2) is 0 Å². The average Bonchev–Trinajstić information content (AvgIpc) is 2.66. The monoisotopic (exact) mass is 233 g/mol. The zero-order chi connectivity index (χ0) is 12.9. The van der Waals surface area contributed by atoms with E-state index in [1.807, 2.05) is 27.0 Å². The fourth-order valence-electron chi connectivity index (χ4n) is 1.39. The van der Waals surface area contributed by atoms with E-state index in [1.54, 1.807) is 0 Å². The standard InChI is InChI=1S/C9H9N.C5H10O2/c1-7-3-2-4-9-8(7)5-6-10-9;1-5(2,3)7-4-6/h2-6,10H,1H3;4H,1-3H3. The third-order valence-corrected chi connectivity index (χ3v) is 2.21. The minimum Gasteiger partial charge on any atom is -0.462 e. The van der Waals surface area contributed by atoms with Crippen molar-refractivity contribution in [3.05, 3.63) is 36.0 Å². The Morgan fingerprint density at radius 2 is 1.94 bits per heavy atom. The van der Waals surface area contributed by atoms with Crippen LogP contribution in [0.2, 0.25) is 0 Å². The molecule has 1 aromatic heterocycles. The summed E-state index contributed by atoms with van der Waals surface area (Å²) in [4.78, 5) is 12.8. The fourth-order valence-corrected chi connectivity index (χ4v) is 1.39. The van der Waals surface area contributed by atoms with Crippen LogP contribution in [-0.4, -0.2) is 17.1 Å². The molecule has 0 radical (unpaired) electrons. The van der Waals surface area contributed by atoms with E-state index < -0.39 is 0 Å². The van der Waals surface area contributed by atoms with Crippen LogP contribution in [0.3, 0.4) is 0 Å². The highest BCUT2D eigenvalue weighted by Gasteiger charge is 2.07. The minimum atomic E-state index is -0.318. The van der Waals surface area contributed by atoms with Crippen LogP contribution in [0, 0.1) is 6.92 Å². The van der Waals surface area contributed by atoms with Gasteiger partial charge in [-0.2, -0.15) is 0 Å². The van der Waals surface area contributed by atoms with Crippen molar-refractivity contribution in [2.24, 2.45) is 0 Å². The first-order chi connectivity index (χ1) is 7.94.